The average molecular weight is 250 g/mol. The van der Waals surface area contributed by atoms with Gasteiger partial charge < -0.3 is 14.6 Å². The van der Waals surface area contributed by atoms with Crippen molar-refractivity contribution in [2.24, 2.45) is 17.8 Å². The predicted octanol–water partition coefficient (Wildman–Crippen LogP) is 1.03. The topological polar surface area (TPSA) is 59.1 Å². The first-order chi connectivity index (χ1) is 8.50. The van der Waals surface area contributed by atoms with Crippen molar-refractivity contribution < 1.29 is 19.4 Å². The molecule has 4 fully saturated rings. The second kappa shape index (κ2) is 3.17. The van der Waals surface area contributed by atoms with Crippen molar-refractivity contribution in [3.8, 4) is 0 Å². The van der Waals surface area contributed by atoms with Crippen molar-refractivity contribution >= 4 is 5.97 Å². The van der Waals surface area contributed by atoms with Crippen molar-refractivity contribution in [1.29, 1.82) is 0 Å². The molecule has 4 heteroatoms. The fraction of sp³-hybridized carbons (Fsp3) is 0.786. The minimum absolute atomic E-state index is 0.0712. The van der Waals surface area contributed by atoms with Crippen LogP contribution in [0.1, 0.15) is 26.2 Å². The Kier molecular flexibility index (Phi) is 1.94. The number of aliphatic hydroxyl groups is 1. The number of ether oxygens (including phenoxy) is 2. The number of epoxide rings is 1. The zero-order valence-corrected chi connectivity index (χ0v) is 10.5. The molecule has 2 saturated carbocycles. The first kappa shape index (κ1) is 11.0. The van der Waals surface area contributed by atoms with Crippen LogP contribution in [0.5, 0.6) is 0 Å². The lowest BCUT2D eigenvalue weighted by Crippen LogP contribution is -2.43. The number of esters is 1. The summed E-state index contributed by atoms with van der Waals surface area (Å²) in [5.74, 6) is 0.0992. The van der Waals surface area contributed by atoms with Gasteiger partial charge in [0.2, 0.25) is 0 Å². The van der Waals surface area contributed by atoms with E-state index in [-0.39, 0.29) is 42.0 Å². The predicted molar refractivity (Wildman–Crippen MR) is 62.6 cm³/mol. The van der Waals surface area contributed by atoms with Gasteiger partial charge in [-0.3, -0.25) is 0 Å². The van der Waals surface area contributed by atoms with E-state index in [0.29, 0.717) is 5.57 Å². The molecule has 98 valence electrons. The summed E-state index contributed by atoms with van der Waals surface area (Å²) >= 11 is 0. The summed E-state index contributed by atoms with van der Waals surface area (Å²) in [5, 5.41) is 10.9. The normalized spacial score (nSPS) is 57.4. The molecule has 0 spiro atoms. The van der Waals surface area contributed by atoms with E-state index in [2.05, 4.69) is 13.5 Å². The summed E-state index contributed by atoms with van der Waals surface area (Å²) in [5.41, 5.74) is -0.0505. The van der Waals surface area contributed by atoms with Gasteiger partial charge in [-0.1, -0.05) is 13.5 Å². The van der Waals surface area contributed by atoms with Gasteiger partial charge in [0.1, 0.15) is 6.10 Å². The monoisotopic (exact) mass is 250 g/mol. The number of fused-ring (bicyclic) bond motifs is 4. The lowest BCUT2D eigenvalue weighted by Gasteiger charge is -2.35. The van der Waals surface area contributed by atoms with Gasteiger partial charge >= 0.3 is 5.97 Å². The zero-order chi connectivity index (χ0) is 12.7. The molecule has 0 amide bonds. The van der Waals surface area contributed by atoms with Crippen LogP contribution < -0.4 is 0 Å². The van der Waals surface area contributed by atoms with Crippen LogP contribution in [-0.2, 0) is 14.3 Å². The maximum absolute atomic E-state index is 11.6. The van der Waals surface area contributed by atoms with Crippen LogP contribution in [0.25, 0.3) is 0 Å². The Morgan fingerprint density at radius 2 is 2.17 bits per heavy atom. The molecule has 1 N–H and O–H groups in total. The van der Waals surface area contributed by atoms with Gasteiger partial charge in [-0.25, -0.2) is 4.79 Å². The third-order valence-electron chi connectivity index (χ3n) is 5.55. The van der Waals surface area contributed by atoms with Gasteiger partial charge in [-0.15, -0.1) is 0 Å². The molecule has 0 aromatic carbocycles. The maximum atomic E-state index is 11.6. The standard InChI is InChI=1S/C14H18O4/c1-6-3-10-8(7(2)13(15)18-10)4-9-12-11(17-12)5-14(6,9)16/h6,8-12,16H,2-5H2,1H3/t6-,8+,9-,10-,11+,12-,14+/m0/s1. The van der Waals surface area contributed by atoms with Crippen LogP contribution >= 0.6 is 0 Å². The van der Waals surface area contributed by atoms with Crippen molar-refractivity contribution in [2.45, 2.75) is 50.1 Å². The Hall–Kier alpha value is -0.870. The average Bonchev–Trinajstić information content (AvgIpc) is 2.95. The smallest absolute Gasteiger partial charge is 0.334 e. The Balaban J connectivity index is 1.70. The molecule has 2 heterocycles. The summed E-state index contributed by atoms with van der Waals surface area (Å²) in [4.78, 5) is 11.6. The van der Waals surface area contributed by atoms with Crippen LogP contribution in [0.3, 0.4) is 0 Å². The molecule has 18 heavy (non-hydrogen) atoms. The van der Waals surface area contributed by atoms with Crippen LogP contribution in [0.4, 0.5) is 0 Å². The Labute approximate surface area is 106 Å². The molecule has 0 aromatic rings. The molecule has 4 aliphatic rings. The number of rotatable bonds is 0. The van der Waals surface area contributed by atoms with E-state index in [1.807, 2.05) is 0 Å². The fourth-order valence-corrected chi connectivity index (χ4v) is 4.34. The van der Waals surface area contributed by atoms with E-state index in [0.717, 1.165) is 19.3 Å². The number of hydrogen-bond donors (Lipinski definition) is 1. The second-order valence-corrected chi connectivity index (χ2v) is 6.39. The lowest BCUT2D eigenvalue weighted by molar-refractivity contribution is -0.140. The molecule has 2 aliphatic heterocycles. The van der Waals surface area contributed by atoms with E-state index < -0.39 is 5.60 Å². The van der Waals surface area contributed by atoms with Crippen LogP contribution in [0, 0.1) is 17.8 Å². The second-order valence-electron chi connectivity index (χ2n) is 6.39. The third-order valence-corrected chi connectivity index (χ3v) is 5.55. The SMILES string of the molecule is C=C1C(=O)O[C@H]2C[C@H](C)[C@]3(O)C[C@H]4O[C@H]4[C@@H]3C[C@H]12. The van der Waals surface area contributed by atoms with Crippen molar-refractivity contribution in [3.05, 3.63) is 12.2 Å². The number of carbonyl (C=O) groups excluding carboxylic acids is 1. The minimum atomic E-state index is -0.634. The van der Waals surface area contributed by atoms with E-state index in [1.165, 1.54) is 0 Å². The molecule has 7 atom stereocenters. The van der Waals surface area contributed by atoms with Crippen molar-refractivity contribution in [3.63, 3.8) is 0 Å². The number of hydrogen-bond acceptors (Lipinski definition) is 4. The van der Waals surface area contributed by atoms with Crippen LogP contribution in [-0.4, -0.2) is 35.0 Å². The zero-order valence-electron chi connectivity index (χ0n) is 10.5. The molecular weight excluding hydrogens is 232 g/mol. The Morgan fingerprint density at radius 1 is 1.39 bits per heavy atom. The minimum Gasteiger partial charge on any atom is -0.458 e. The molecule has 2 aliphatic carbocycles. The molecule has 0 aromatic heterocycles. The quantitative estimate of drug-likeness (QED) is 0.396. The van der Waals surface area contributed by atoms with Gasteiger partial charge in [0.15, 0.2) is 0 Å². The molecule has 2 saturated heterocycles. The highest BCUT2D eigenvalue weighted by atomic mass is 16.6. The summed E-state index contributed by atoms with van der Waals surface area (Å²) in [6.45, 7) is 5.93. The van der Waals surface area contributed by atoms with Crippen LogP contribution in [0.2, 0.25) is 0 Å². The largest absolute Gasteiger partial charge is 0.458 e. The highest BCUT2D eigenvalue weighted by Crippen LogP contribution is 2.58. The van der Waals surface area contributed by atoms with Gasteiger partial charge in [0, 0.05) is 23.8 Å². The third kappa shape index (κ3) is 1.20. The Morgan fingerprint density at radius 3 is 2.94 bits per heavy atom. The van der Waals surface area contributed by atoms with Crippen LogP contribution in [0.15, 0.2) is 12.2 Å². The summed E-state index contributed by atoms with van der Waals surface area (Å²) in [6, 6.07) is 0. The molecule has 0 bridgehead atoms. The van der Waals surface area contributed by atoms with Crippen molar-refractivity contribution in [2.75, 3.05) is 0 Å². The lowest BCUT2D eigenvalue weighted by atomic mass is 9.77. The highest BCUT2D eigenvalue weighted by molar-refractivity contribution is 5.90. The molecule has 0 radical (unpaired) electrons. The molecule has 4 rings (SSSR count). The molecule has 0 unspecified atom stereocenters. The fourth-order valence-electron chi connectivity index (χ4n) is 4.34. The molecule has 4 nitrogen and oxygen atoms in total. The van der Waals surface area contributed by atoms with Gasteiger partial charge in [-0.05, 0) is 18.8 Å². The Bertz CT molecular complexity index is 445. The highest BCUT2D eigenvalue weighted by Gasteiger charge is 2.66. The first-order valence-corrected chi connectivity index (χ1v) is 6.78. The van der Waals surface area contributed by atoms with Gasteiger partial charge in [-0.2, -0.15) is 0 Å². The summed E-state index contributed by atoms with van der Waals surface area (Å²) in [6.07, 6.45) is 2.60. The number of carbonyl (C=O) groups is 1. The summed E-state index contributed by atoms with van der Waals surface area (Å²) in [7, 11) is 0. The van der Waals surface area contributed by atoms with E-state index in [9.17, 15) is 9.90 Å². The maximum Gasteiger partial charge on any atom is 0.334 e. The van der Waals surface area contributed by atoms with Crippen molar-refractivity contribution in [1.82, 2.24) is 0 Å². The summed E-state index contributed by atoms with van der Waals surface area (Å²) < 4.78 is 11.0. The van der Waals surface area contributed by atoms with E-state index >= 15 is 0 Å². The molecular formula is C14H18O4. The van der Waals surface area contributed by atoms with E-state index in [4.69, 9.17) is 9.47 Å². The van der Waals surface area contributed by atoms with Gasteiger partial charge in [0.25, 0.3) is 0 Å². The first-order valence-electron chi connectivity index (χ1n) is 6.78. The van der Waals surface area contributed by atoms with Gasteiger partial charge in [0.05, 0.1) is 17.8 Å². The van der Waals surface area contributed by atoms with E-state index in [1.54, 1.807) is 0 Å².